The topological polar surface area (TPSA) is 0 Å². The number of halogens is 2. The van der Waals surface area contributed by atoms with Crippen LogP contribution in [0.25, 0.3) is 0 Å². The molecule has 0 nitrogen and oxygen atoms in total. The lowest BCUT2D eigenvalue weighted by molar-refractivity contribution is 0.713. The lowest BCUT2D eigenvalue weighted by atomic mass is 10.4. The van der Waals surface area contributed by atoms with Crippen LogP contribution >= 0.6 is 11.6 Å². The van der Waals surface area contributed by atoms with E-state index in [2.05, 4.69) is 6.92 Å². The Morgan fingerprint density at radius 2 is 2.50 bits per heavy atom. The van der Waals surface area contributed by atoms with E-state index < -0.39 is 0 Å². The molecular weight excluding hydrogens is 102 g/mol. The van der Waals surface area contributed by atoms with Crippen molar-refractivity contribution >= 4 is 11.6 Å². The van der Waals surface area contributed by atoms with Crippen LogP contribution in [0.1, 0.15) is 0 Å². The van der Waals surface area contributed by atoms with Crippen molar-refractivity contribution in [2.24, 2.45) is 0 Å². The molecule has 0 fully saturated rings. The largest absolute Gasteiger partial charge is 0.216 e. The Balaban J connectivity index is 3.22. The third-order valence-corrected chi connectivity index (χ3v) is 0.669. The van der Waals surface area contributed by atoms with Gasteiger partial charge in [-0.1, -0.05) is 0 Å². The average molecular weight is 108 g/mol. The highest BCUT2D eigenvalue weighted by molar-refractivity contribution is 6.19. The predicted octanol–water partition coefficient (Wildman–Crippen LogP) is 1.91. The molecule has 0 saturated carbocycles. The van der Waals surface area contributed by atoms with Crippen LogP contribution in [0.2, 0.25) is 0 Å². The predicted molar refractivity (Wildman–Crippen MR) is 25.3 cm³/mol. The summed E-state index contributed by atoms with van der Waals surface area (Å²) in [4.78, 5) is 0. The fraction of sp³-hybridized carbons (Fsp3) is 0.250. The van der Waals surface area contributed by atoms with Crippen molar-refractivity contribution in [3.05, 3.63) is 18.8 Å². The maximum absolute atomic E-state index is 11.1. The highest BCUT2D eigenvalue weighted by Crippen LogP contribution is 1.92. The highest BCUT2D eigenvalue weighted by Gasteiger charge is 1.78. The third-order valence-electron chi connectivity index (χ3n) is 0.326. The molecule has 0 aliphatic rings. The molecule has 0 aliphatic heterocycles. The van der Waals surface area contributed by atoms with Gasteiger partial charge in [0.15, 0.2) is 0 Å². The minimum atomic E-state index is 0.177. The third kappa shape index (κ3) is 2.21. The van der Waals surface area contributed by atoms with Gasteiger partial charge in [-0.2, -0.15) is 0 Å². The lowest BCUT2D eigenvalue weighted by Crippen LogP contribution is -1.70. The Morgan fingerprint density at radius 1 is 2.00 bits per heavy atom. The number of rotatable bonds is 1. The van der Waals surface area contributed by atoms with E-state index in [0.717, 1.165) is 0 Å². The molecule has 0 aromatic rings. The van der Waals surface area contributed by atoms with Gasteiger partial charge in [0, 0.05) is 5.88 Å². The molecule has 0 amide bonds. The van der Waals surface area contributed by atoms with Crippen LogP contribution in [-0.4, -0.2) is 5.88 Å². The Morgan fingerprint density at radius 3 is 2.50 bits per heavy atom. The van der Waals surface area contributed by atoms with E-state index in [9.17, 15) is 4.39 Å². The van der Waals surface area contributed by atoms with Crippen LogP contribution in [0.4, 0.5) is 4.39 Å². The molecule has 0 atom stereocenters. The quantitative estimate of drug-likeness (QED) is 0.449. The van der Waals surface area contributed by atoms with Gasteiger partial charge in [-0.3, -0.25) is 0 Å². The molecule has 0 heterocycles. The summed E-state index contributed by atoms with van der Waals surface area (Å²) < 4.78 is 11.1. The van der Waals surface area contributed by atoms with Crippen LogP contribution in [0.3, 0.4) is 0 Å². The summed E-state index contributed by atoms with van der Waals surface area (Å²) in [5.41, 5.74) is 0.316. The fourth-order valence-corrected chi connectivity index (χ4v) is 0.0875. The molecule has 0 rings (SSSR count). The van der Waals surface area contributed by atoms with Crippen molar-refractivity contribution < 1.29 is 4.39 Å². The van der Waals surface area contributed by atoms with Gasteiger partial charge in [-0.05, 0) is 12.5 Å². The Labute approximate surface area is 41.6 Å². The second-order valence-electron chi connectivity index (χ2n) is 0.901. The van der Waals surface area contributed by atoms with Gasteiger partial charge >= 0.3 is 0 Å². The van der Waals surface area contributed by atoms with Crippen LogP contribution in [0.15, 0.2) is 11.9 Å². The molecule has 0 unspecified atom stereocenters. The normalized spacial score (nSPS) is 12.2. The van der Waals surface area contributed by atoms with Gasteiger partial charge in [-0.15, -0.1) is 11.6 Å². The molecule has 0 aliphatic carbocycles. The summed E-state index contributed by atoms with van der Waals surface area (Å²) in [6, 6.07) is 0. The van der Waals surface area contributed by atoms with E-state index in [1.165, 1.54) is 0 Å². The Hall–Kier alpha value is -0.0400. The lowest BCUT2D eigenvalue weighted by Gasteiger charge is -1.79. The summed E-state index contributed by atoms with van der Waals surface area (Å²) in [5, 5.41) is 0. The number of alkyl halides is 1. The van der Waals surface area contributed by atoms with Gasteiger partial charge in [0.25, 0.3) is 0 Å². The van der Waals surface area contributed by atoms with E-state index in [-0.39, 0.29) is 5.88 Å². The summed E-state index contributed by atoms with van der Waals surface area (Å²) in [7, 11) is 0. The molecule has 0 aromatic heterocycles. The average Bonchev–Trinajstić information content (AvgIpc) is 1.65. The zero-order valence-corrected chi connectivity index (χ0v) is 4.00. The minimum Gasteiger partial charge on any atom is -0.216 e. The van der Waals surface area contributed by atoms with Crippen molar-refractivity contribution in [1.82, 2.24) is 0 Å². The number of allylic oxidation sites excluding steroid dienone is 1. The van der Waals surface area contributed by atoms with Crippen LogP contribution in [0.5, 0.6) is 0 Å². The monoisotopic (exact) mass is 107 g/mol. The van der Waals surface area contributed by atoms with Gasteiger partial charge in [0.1, 0.15) is 0 Å². The first kappa shape index (κ1) is 5.96. The molecule has 1 radical (unpaired) electrons. The first-order chi connectivity index (χ1) is 2.81. The first-order valence-corrected chi connectivity index (χ1v) is 2.02. The van der Waals surface area contributed by atoms with Gasteiger partial charge in [0.05, 0.1) is 6.33 Å². The first-order valence-electron chi connectivity index (χ1n) is 1.48. The standard InChI is InChI=1S/C4H5ClF/c1-4(2-5)3-6/h3H,1-2H2/b4-3+. The second-order valence-corrected chi connectivity index (χ2v) is 1.17. The van der Waals surface area contributed by atoms with Gasteiger partial charge in [-0.25, -0.2) is 4.39 Å². The highest BCUT2D eigenvalue weighted by atomic mass is 35.5. The number of hydrogen-bond acceptors (Lipinski definition) is 0. The van der Waals surface area contributed by atoms with Gasteiger partial charge < -0.3 is 0 Å². The summed E-state index contributed by atoms with van der Waals surface area (Å²) in [5.74, 6) is 0.177. The van der Waals surface area contributed by atoms with Crippen molar-refractivity contribution in [2.45, 2.75) is 0 Å². The van der Waals surface area contributed by atoms with E-state index in [1.54, 1.807) is 0 Å². The van der Waals surface area contributed by atoms with E-state index in [0.29, 0.717) is 11.9 Å². The molecule has 0 bridgehead atoms. The van der Waals surface area contributed by atoms with E-state index in [4.69, 9.17) is 11.6 Å². The SMILES string of the molecule is [CH2]/C(=C\F)CCl. The van der Waals surface area contributed by atoms with Crippen LogP contribution < -0.4 is 0 Å². The number of hydrogen-bond donors (Lipinski definition) is 0. The molecule has 2 heteroatoms. The zero-order valence-electron chi connectivity index (χ0n) is 3.25. The maximum Gasteiger partial charge on any atom is 0.0871 e. The molecule has 0 aromatic carbocycles. The summed E-state index contributed by atoms with van der Waals surface area (Å²) in [6.07, 6.45) is 0.396. The fourth-order valence-electron chi connectivity index (χ4n) is 0.0292. The van der Waals surface area contributed by atoms with Gasteiger partial charge in [0.2, 0.25) is 0 Å². The van der Waals surface area contributed by atoms with Crippen molar-refractivity contribution in [3.63, 3.8) is 0 Å². The van der Waals surface area contributed by atoms with Crippen molar-refractivity contribution in [3.8, 4) is 0 Å². The molecular formula is C4H5ClF. The molecule has 0 N–H and O–H groups in total. The van der Waals surface area contributed by atoms with Crippen molar-refractivity contribution in [1.29, 1.82) is 0 Å². The molecule has 35 valence electrons. The minimum absolute atomic E-state index is 0.177. The van der Waals surface area contributed by atoms with Crippen LogP contribution in [0, 0.1) is 6.92 Å². The summed E-state index contributed by atoms with van der Waals surface area (Å²) >= 11 is 5.08. The van der Waals surface area contributed by atoms with Crippen LogP contribution in [-0.2, 0) is 0 Å². The van der Waals surface area contributed by atoms with E-state index >= 15 is 0 Å². The smallest absolute Gasteiger partial charge is 0.0871 e. The zero-order chi connectivity index (χ0) is 4.99. The Kier molecular flexibility index (Phi) is 3.14. The second kappa shape index (κ2) is 3.16. The molecule has 6 heavy (non-hydrogen) atoms. The maximum atomic E-state index is 11.1. The summed E-state index contributed by atoms with van der Waals surface area (Å²) in [6.45, 7) is 3.23. The van der Waals surface area contributed by atoms with E-state index in [1.807, 2.05) is 0 Å². The molecule has 0 saturated heterocycles. The van der Waals surface area contributed by atoms with Crippen molar-refractivity contribution in [2.75, 3.05) is 5.88 Å². The molecule has 0 spiro atoms. The Bertz CT molecular complexity index is 58.6.